The Morgan fingerprint density at radius 2 is 0.969 bits per heavy atom. The number of halogens is 3. The molecule has 164 valence electrons. The summed E-state index contributed by atoms with van der Waals surface area (Å²) in [5, 5.41) is 1.77. The predicted octanol–water partition coefficient (Wildman–Crippen LogP) is 8.74. The van der Waals surface area contributed by atoms with E-state index in [2.05, 4.69) is 6.07 Å². The molecule has 0 saturated carbocycles. The van der Waals surface area contributed by atoms with Crippen molar-refractivity contribution in [2.24, 2.45) is 0 Å². The summed E-state index contributed by atoms with van der Waals surface area (Å²) in [5.41, 5.74) is 3.62. The first-order valence-electron chi connectivity index (χ1n) is 9.60. The summed E-state index contributed by atoms with van der Waals surface area (Å²) in [7, 11) is 4.84. The van der Waals surface area contributed by atoms with E-state index in [1.807, 2.05) is 36.4 Å². The second-order valence-corrected chi connectivity index (χ2v) is 9.16. The summed E-state index contributed by atoms with van der Waals surface area (Å²) in [5.74, 6) is 2.08. The van der Waals surface area contributed by atoms with Gasteiger partial charge in [-0.25, -0.2) is 0 Å². The predicted molar refractivity (Wildman–Crippen MR) is 135 cm³/mol. The van der Waals surface area contributed by atoms with Crippen LogP contribution < -0.4 is 14.2 Å². The normalized spacial score (nSPS) is 10.8. The van der Waals surface area contributed by atoms with Crippen LogP contribution in [0.25, 0.3) is 32.0 Å². The third kappa shape index (κ3) is 4.41. The van der Waals surface area contributed by atoms with Crippen LogP contribution in [-0.4, -0.2) is 21.3 Å². The van der Waals surface area contributed by atoms with Crippen LogP contribution >= 0.6 is 46.1 Å². The summed E-state index contributed by atoms with van der Waals surface area (Å²) in [4.78, 5) is 1.97. The molecule has 0 aliphatic rings. The van der Waals surface area contributed by atoms with Gasteiger partial charge in [-0.05, 0) is 60.7 Å². The standard InChI is InChI=1S/C25H19Cl3O3S/c1-29-14-4-7-17(21(26)10-14)20-13-24(18-8-5-15(30-2)11-22(18)27)32-25(20)19-9-6-16(31-3)12-23(19)28/h4-13H,1-3H3. The molecule has 3 nitrogen and oxygen atoms in total. The molecule has 0 unspecified atom stereocenters. The minimum atomic E-state index is 0.584. The first kappa shape index (κ1) is 22.8. The lowest BCUT2D eigenvalue weighted by atomic mass is 10.0. The largest absolute Gasteiger partial charge is 0.497 e. The first-order valence-corrected chi connectivity index (χ1v) is 11.6. The van der Waals surface area contributed by atoms with Crippen LogP contribution in [0.1, 0.15) is 0 Å². The molecule has 0 amide bonds. The van der Waals surface area contributed by atoms with Gasteiger partial charge in [-0.15, -0.1) is 11.3 Å². The van der Waals surface area contributed by atoms with Crippen LogP contribution in [0.5, 0.6) is 17.2 Å². The Morgan fingerprint density at radius 3 is 1.41 bits per heavy atom. The Bertz CT molecular complexity index is 1210. The molecule has 0 spiro atoms. The molecule has 4 rings (SSSR count). The lowest BCUT2D eigenvalue weighted by molar-refractivity contribution is 0.415. The number of thiophene rings is 1. The summed E-state index contributed by atoms with van der Waals surface area (Å²) in [6.45, 7) is 0. The smallest absolute Gasteiger partial charge is 0.120 e. The third-order valence-electron chi connectivity index (χ3n) is 5.06. The summed E-state index contributed by atoms with van der Waals surface area (Å²) in [6.07, 6.45) is 0. The van der Waals surface area contributed by atoms with E-state index in [1.165, 1.54) is 0 Å². The summed E-state index contributed by atoms with van der Waals surface area (Å²) < 4.78 is 15.9. The van der Waals surface area contributed by atoms with Gasteiger partial charge in [0.25, 0.3) is 0 Å². The molecule has 0 bridgehead atoms. The Labute approximate surface area is 206 Å². The van der Waals surface area contributed by atoms with Gasteiger partial charge in [0.05, 0.1) is 36.4 Å². The Balaban J connectivity index is 1.94. The molecule has 0 N–H and O–H groups in total. The zero-order valence-corrected chi connectivity index (χ0v) is 20.6. The van der Waals surface area contributed by atoms with Crippen LogP contribution in [0.15, 0.2) is 60.7 Å². The molecular weight excluding hydrogens is 487 g/mol. The number of methoxy groups -OCH3 is 3. The molecule has 0 aliphatic heterocycles. The van der Waals surface area contributed by atoms with E-state index in [0.717, 1.165) is 32.0 Å². The lowest BCUT2D eigenvalue weighted by Crippen LogP contribution is -1.87. The maximum Gasteiger partial charge on any atom is 0.120 e. The Morgan fingerprint density at radius 1 is 0.531 bits per heavy atom. The monoisotopic (exact) mass is 504 g/mol. The maximum atomic E-state index is 6.65. The highest BCUT2D eigenvalue weighted by Crippen LogP contribution is 2.49. The van der Waals surface area contributed by atoms with Gasteiger partial charge in [0, 0.05) is 32.0 Å². The fourth-order valence-corrected chi connectivity index (χ4v) is 5.57. The molecule has 1 aromatic heterocycles. The van der Waals surface area contributed by atoms with Crippen molar-refractivity contribution < 1.29 is 14.2 Å². The Hall–Kier alpha value is -2.37. The van der Waals surface area contributed by atoms with E-state index in [-0.39, 0.29) is 0 Å². The number of rotatable bonds is 6. The molecule has 32 heavy (non-hydrogen) atoms. The van der Waals surface area contributed by atoms with Gasteiger partial charge in [0.15, 0.2) is 0 Å². The number of hydrogen-bond donors (Lipinski definition) is 0. The molecule has 3 aromatic carbocycles. The van der Waals surface area contributed by atoms with E-state index in [9.17, 15) is 0 Å². The van der Waals surface area contributed by atoms with Crippen LogP contribution in [0.2, 0.25) is 15.1 Å². The van der Waals surface area contributed by atoms with Crippen LogP contribution in [0.3, 0.4) is 0 Å². The number of ether oxygens (including phenoxy) is 3. The van der Waals surface area contributed by atoms with E-state index in [1.54, 1.807) is 50.9 Å². The minimum Gasteiger partial charge on any atom is -0.497 e. The van der Waals surface area contributed by atoms with Crippen molar-refractivity contribution in [3.05, 3.63) is 75.7 Å². The van der Waals surface area contributed by atoms with Crippen LogP contribution in [0.4, 0.5) is 0 Å². The maximum absolute atomic E-state index is 6.65. The second kappa shape index (κ2) is 9.63. The fraction of sp³-hybridized carbons (Fsp3) is 0.120. The van der Waals surface area contributed by atoms with Crippen molar-refractivity contribution in [3.63, 3.8) is 0 Å². The van der Waals surface area contributed by atoms with Crippen molar-refractivity contribution in [2.75, 3.05) is 21.3 Å². The molecule has 0 saturated heterocycles. The molecule has 7 heteroatoms. The number of hydrogen-bond acceptors (Lipinski definition) is 4. The zero-order chi connectivity index (χ0) is 22.8. The third-order valence-corrected chi connectivity index (χ3v) is 7.20. The van der Waals surface area contributed by atoms with Gasteiger partial charge in [0.2, 0.25) is 0 Å². The zero-order valence-electron chi connectivity index (χ0n) is 17.5. The summed E-state index contributed by atoms with van der Waals surface area (Å²) >= 11 is 21.5. The topological polar surface area (TPSA) is 27.7 Å². The molecule has 4 aromatic rings. The number of benzene rings is 3. The van der Waals surface area contributed by atoms with Gasteiger partial charge in [-0.2, -0.15) is 0 Å². The quantitative estimate of drug-likeness (QED) is 0.262. The van der Waals surface area contributed by atoms with Gasteiger partial charge in [-0.1, -0.05) is 34.8 Å². The Kier molecular flexibility index (Phi) is 6.87. The van der Waals surface area contributed by atoms with Gasteiger partial charge < -0.3 is 14.2 Å². The highest BCUT2D eigenvalue weighted by atomic mass is 35.5. The molecule has 1 heterocycles. The van der Waals surface area contributed by atoms with Crippen molar-refractivity contribution in [1.29, 1.82) is 0 Å². The lowest BCUT2D eigenvalue weighted by Gasteiger charge is -2.10. The second-order valence-electron chi connectivity index (χ2n) is 6.89. The average Bonchev–Trinajstić information content (AvgIpc) is 3.22. The van der Waals surface area contributed by atoms with Crippen molar-refractivity contribution >= 4 is 46.1 Å². The highest BCUT2D eigenvalue weighted by molar-refractivity contribution is 7.19. The van der Waals surface area contributed by atoms with E-state index >= 15 is 0 Å². The average molecular weight is 506 g/mol. The van der Waals surface area contributed by atoms with Gasteiger partial charge in [0.1, 0.15) is 17.2 Å². The van der Waals surface area contributed by atoms with Crippen LogP contribution in [0, 0.1) is 0 Å². The molecule has 0 atom stereocenters. The van der Waals surface area contributed by atoms with Crippen molar-refractivity contribution in [3.8, 4) is 49.3 Å². The minimum absolute atomic E-state index is 0.584. The SMILES string of the molecule is COc1ccc(-c2cc(-c3ccc(OC)cc3Cl)c(-c3ccc(OC)cc3Cl)s2)c(Cl)c1. The van der Waals surface area contributed by atoms with E-state index < -0.39 is 0 Å². The molecular formula is C25H19Cl3O3S. The van der Waals surface area contributed by atoms with Crippen molar-refractivity contribution in [1.82, 2.24) is 0 Å². The first-order chi connectivity index (χ1) is 15.4. The molecule has 0 fully saturated rings. The van der Waals surface area contributed by atoms with Gasteiger partial charge in [-0.3, -0.25) is 0 Å². The van der Waals surface area contributed by atoms with E-state index in [0.29, 0.717) is 32.3 Å². The highest BCUT2D eigenvalue weighted by Gasteiger charge is 2.20. The van der Waals surface area contributed by atoms with Gasteiger partial charge >= 0.3 is 0 Å². The molecule has 0 aliphatic carbocycles. The summed E-state index contributed by atoms with van der Waals surface area (Å²) in [6, 6.07) is 19.0. The van der Waals surface area contributed by atoms with E-state index in [4.69, 9.17) is 49.0 Å². The van der Waals surface area contributed by atoms with Crippen molar-refractivity contribution in [2.45, 2.75) is 0 Å². The van der Waals surface area contributed by atoms with Crippen LogP contribution in [-0.2, 0) is 0 Å². The fourth-order valence-electron chi connectivity index (χ4n) is 3.39. The molecule has 0 radical (unpaired) electrons.